The number of anilines is 2. The van der Waals surface area contributed by atoms with Gasteiger partial charge in [-0.15, -0.1) is 0 Å². The van der Waals surface area contributed by atoms with Gasteiger partial charge in [0, 0.05) is 25.2 Å². The third kappa shape index (κ3) is 3.20. The fraction of sp³-hybridized carbons (Fsp3) is 0.733. The Morgan fingerprint density at radius 1 is 1.30 bits per heavy atom. The van der Waals surface area contributed by atoms with E-state index in [1.807, 2.05) is 13.8 Å². The van der Waals surface area contributed by atoms with Crippen LogP contribution in [-0.4, -0.2) is 40.8 Å². The topological polar surface area (TPSA) is 61.3 Å². The van der Waals surface area contributed by atoms with E-state index >= 15 is 0 Å². The first-order valence-electron chi connectivity index (χ1n) is 7.55. The van der Waals surface area contributed by atoms with Gasteiger partial charge in [-0.25, -0.2) is 9.97 Å². The average molecular weight is 278 g/mol. The molecule has 0 aromatic carbocycles. The van der Waals surface area contributed by atoms with E-state index in [-0.39, 0.29) is 6.10 Å². The van der Waals surface area contributed by atoms with Crippen LogP contribution in [0.2, 0.25) is 0 Å². The van der Waals surface area contributed by atoms with Crippen LogP contribution in [0.4, 0.5) is 11.6 Å². The summed E-state index contributed by atoms with van der Waals surface area (Å²) in [6.45, 7) is 10.8. The van der Waals surface area contributed by atoms with Gasteiger partial charge in [-0.05, 0) is 46.5 Å². The molecule has 2 heterocycles. The first-order valence-corrected chi connectivity index (χ1v) is 7.55. The molecule has 20 heavy (non-hydrogen) atoms. The van der Waals surface area contributed by atoms with E-state index in [9.17, 15) is 5.11 Å². The molecule has 0 bridgehead atoms. The van der Waals surface area contributed by atoms with Gasteiger partial charge in [0.25, 0.3) is 0 Å². The van der Waals surface area contributed by atoms with Crippen molar-refractivity contribution in [3.63, 3.8) is 0 Å². The van der Waals surface area contributed by atoms with Gasteiger partial charge in [0.2, 0.25) is 0 Å². The molecule has 1 atom stereocenters. The Labute approximate surface area is 121 Å². The number of nitrogens with zero attached hydrogens (tertiary/aromatic N) is 3. The van der Waals surface area contributed by atoms with Gasteiger partial charge in [0.15, 0.2) is 0 Å². The van der Waals surface area contributed by atoms with E-state index in [0.717, 1.165) is 55.5 Å². The van der Waals surface area contributed by atoms with Gasteiger partial charge in [-0.1, -0.05) is 0 Å². The summed E-state index contributed by atoms with van der Waals surface area (Å²) < 4.78 is 0. The van der Waals surface area contributed by atoms with Crippen molar-refractivity contribution in [1.82, 2.24) is 9.97 Å². The molecule has 112 valence electrons. The quantitative estimate of drug-likeness (QED) is 0.883. The predicted octanol–water partition coefficient (Wildman–Crippen LogP) is 2.12. The van der Waals surface area contributed by atoms with Crippen LogP contribution in [0.5, 0.6) is 0 Å². The molecule has 1 aliphatic rings. The van der Waals surface area contributed by atoms with E-state index in [2.05, 4.69) is 34.0 Å². The Morgan fingerprint density at radius 2 is 1.95 bits per heavy atom. The highest BCUT2D eigenvalue weighted by Crippen LogP contribution is 2.28. The smallest absolute Gasteiger partial charge is 0.137 e. The molecule has 5 heteroatoms. The van der Waals surface area contributed by atoms with Gasteiger partial charge in [-0.3, -0.25) is 0 Å². The highest BCUT2D eigenvalue weighted by Gasteiger charge is 2.25. The number of aromatic nitrogens is 2. The highest BCUT2D eigenvalue weighted by atomic mass is 16.3. The highest BCUT2D eigenvalue weighted by molar-refractivity contribution is 5.58. The fourth-order valence-corrected chi connectivity index (χ4v) is 2.85. The lowest BCUT2D eigenvalue weighted by Crippen LogP contribution is -2.38. The molecule has 1 aromatic heterocycles. The molecule has 0 amide bonds. The average Bonchev–Trinajstić information content (AvgIpc) is 2.43. The lowest BCUT2D eigenvalue weighted by Gasteiger charge is -2.35. The second-order valence-corrected chi connectivity index (χ2v) is 5.66. The van der Waals surface area contributed by atoms with E-state index in [4.69, 9.17) is 0 Å². The number of nitrogens with one attached hydrogen (secondary N) is 1. The maximum atomic E-state index is 9.69. The van der Waals surface area contributed by atoms with Crippen molar-refractivity contribution in [3.05, 3.63) is 11.4 Å². The minimum atomic E-state index is -0.206. The monoisotopic (exact) mass is 278 g/mol. The van der Waals surface area contributed by atoms with Crippen molar-refractivity contribution >= 4 is 11.6 Å². The molecule has 0 spiro atoms. The van der Waals surface area contributed by atoms with Gasteiger partial charge < -0.3 is 15.3 Å². The van der Waals surface area contributed by atoms with Crippen molar-refractivity contribution in [2.45, 2.75) is 46.6 Å². The number of piperidine rings is 1. The number of hydrogen-bond acceptors (Lipinski definition) is 5. The van der Waals surface area contributed by atoms with Crippen LogP contribution in [0.25, 0.3) is 0 Å². The third-order valence-electron chi connectivity index (χ3n) is 4.10. The molecule has 1 aliphatic heterocycles. The van der Waals surface area contributed by atoms with E-state index in [0.29, 0.717) is 5.92 Å². The molecule has 0 aliphatic carbocycles. The van der Waals surface area contributed by atoms with Crippen LogP contribution < -0.4 is 10.2 Å². The summed E-state index contributed by atoms with van der Waals surface area (Å²) in [5, 5.41) is 13.0. The normalized spacial score (nSPS) is 18.1. The van der Waals surface area contributed by atoms with Crippen molar-refractivity contribution in [3.8, 4) is 0 Å². The SMILES string of the molecule is CCNc1nc(C)nc(N2CCC(C(C)O)CC2)c1C. The lowest BCUT2D eigenvalue weighted by molar-refractivity contribution is 0.109. The maximum Gasteiger partial charge on any atom is 0.137 e. The minimum Gasteiger partial charge on any atom is -0.393 e. The Morgan fingerprint density at radius 3 is 2.50 bits per heavy atom. The maximum absolute atomic E-state index is 9.69. The number of aryl methyl sites for hydroxylation is 1. The second-order valence-electron chi connectivity index (χ2n) is 5.66. The molecule has 2 rings (SSSR count). The molecule has 0 radical (unpaired) electrons. The number of aliphatic hydroxyl groups excluding tert-OH is 1. The Kier molecular flexibility index (Phi) is 4.81. The Bertz CT molecular complexity index is 453. The van der Waals surface area contributed by atoms with Crippen LogP contribution in [-0.2, 0) is 0 Å². The third-order valence-corrected chi connectivity index (χ3v) is 4.10. The zero-order valence-electron chi connectivity index (χ0n) is 13.0. The van der Waals surface area contributed by atoms with Gasteiger partial charge in [0.1, 0.15) is 17.5 Å². The van der Waals surface area contributed by atoms with Crippen molar-refractivity contribution in [2.24, 2.45) is 5.92 Å². The molecule has 2 N–H and O–H groups in total. The Balaban J connectivity index is 2.17. The van der Waals surface area contributed by atoms with Crippen LogP contribution in [0.15, 0.2) is 0 Å². The lowest BCUT2D eigenvalue weighted by atomic mass is 9.92. The largest absolute Gasteiger partial charge is 0.393 e. The molecule has 1 unspecified atom stereocenters. The first kappa shape index (κ1) is 15.0. The van der Waals surface area contributed by atoms with Crippen molar-refractivity contribution in [1.29, 1.82) is 0 Å². The first-order chi connectivity index (χ1) is 9.52. The summed E-state index contributed by atoms with van der Waals surface area (Å²) in [5.74, 6) is 3.20. The van der Waals surface area contributed by atoms with E-state index < -0.39 is 0 Å². The van der Waals surface area contributed by atoms with Crippen molar-refractivity contribution < 1.29 is 5.11 Å². The molecule has 1 saturated heterocycles. The van der Waals surface area contributed by atoms with Crippen molar-refractivity contribution in [2.75, 3.05) is 29.9 Å². The van der Waals surface area contributed by atoms with Gasteiger partial charge in [0.05, 0.1) is 6.10 Å². The van der Waals surface area contributed by atoms with E-state index in [1.54, 1.807) is 0 Å². The molecule has 5 nitrogen and oxygen atoms in total. The second kappa shape index (κ2) is 6.39. The van der Waals surface area contributed by atoms with E-state index in [1.165, 1.54) is 0 Å². The summed E-state index contributed by atoms with van der Waals surface area (Å²) in [7, 11) is 0. The number of hydrogen-bond donors (Lipinski definition) is 2. The minimum absolute atomic E-state index is 0.206. The molecular formula is C15H26N4O. The molecule has 1 aromatic rings. The standard InChI is InChI=1S/C15H26N4O/c1-5-16-14-10(2)15(18-12(4)17-14)19-8-6-13(7-9-19)11(3)20/h11,13,20H,5-9H2,1-4H3,(H,16,17,18). The van der Waals surface area contributed by atoms with Gasteiger partial charge >= 0.3 is 0 Å². The van der Waals surface area contributed by atoms with Crippen LogP contribution in [0.3, 0.4) is 0 Å². The van der Waals surface area contributed by atoms with Crippen LogP contribution >= 0.6 is 0 Å². The number of rotatable bonds is 4. The molecule has 0 saturated carbocycles. The Hall–Kier alpha value is -1.36. The zero-order valence-corrected chi connectivity index (χ0v) is 13.0. The van der Waals surface area contributed by atoms with Gasteiger partial charge in [-0.2, -0.15) is 0 Å². The summed E-state index contributed by atoms with van der Waals surface area (Å²) in [5.41, 5.74) is 1.12. The summed E-state index contributed by atoms with van der Waals surface area (Å²) in [6.07, 6.45) is 1.84. The number of aliphatic hydroxyl groups is 1. The zero-order chi connectivity index (χ0) is 14.7. The van der Waals surface area contributed by atoms with Crippen LogP contribution in [0.1, 0.15) is 38.1 Å². The summed E-state index contributed by atoms with van der Waals surface area (Å²) in [6, 6.07) is 0. The summed E-state index contributed by atoms with van der Waals surface area (Å²) in [4.78, 5) is 11.4. The van der Waals surface area contributed by atoms with Crippen LogP contribution in [0, 0.1) is 19.8 Å². The fourth-order valence-electron chi connectivity index (χ4n) is 2.85. The molecular weight excluding hydrogens is 252 g/mol. The summed E-state index contributed by atoms with van der Waals surface area (Å²) >= 11 is 0. The molecule has 1 fully saturated rings. The predicted molar refractivity (Wildman–Crippen MR) is 82.3 cm³/mol.